The Balaban J connectivity index is 1.50. The SMILES string of the molecule is Cc1ccc(C)c(Oc2ccc(CCNC(=O)C3CCCCC3C(=O)O)cc2)c1. The van der Waals surface area contributed by atoms with Crippen LogP contribution in [0.3, 0.4) is 0 Å². The minimum absolute atomic E-state index is 0.132. The number of amides is 1. The molecule has 5 heteroatoms. The number of aryl methyl sites for hydroxylation is 2. The van der Waals surface area contributed by atoms with Crippen LogP contribution in [-0.2, 0) is 16.0 Å². The molecule has 2 aromatic rings. The average Bonchev–Trinajstić information content (AvgIpc) is 2.72. The van der Waals surface area contributed by atoms with E-state index in [1.165, 1.54) is 0 Å². The lowest BCUT2D eigenvalue weighted by molar-refractivity contribution is -0.148. The third kappa shape index (κ3) is 5.59. The highest BCUT2D eigenvalue weighted by molar-refractivity contribution is 5.84. The van der Waals surface area contributed by atoms with Crippen molar-refractivity contribution in [3.05, 3.63) is 59.2 Å². The molecule has 2 aromatic carbocycles. The van der Waals surface area contributed by atoms with Gasteiger partial charge in [0.15, 0.2) is 0 Å². The lowest BCUT2D eigenvalue weighted by Gasteiger charge is -2.27. The van der Waals surface area contributed by atoms with E-state index >= 15 is 0 Å². The van der Waals surface area contributed by atoms with Crippen LogP contribution < -0.4 is 10.1 Å². The van der Waals surface area contributed by atoms with Crippen molar-refractivity contribution in [3.63, 3.8) is 0 Å². The summed E-state index contributed by atoms with van der Waals surface area (Å²) in [5.74, 6) is -0.320. The molecule has 0 heterocycles. The number of ether oxygens (including phenoxy) is 1. The topological polar surface area (TPSA) is 75.6 Å². The van der Waals surface area contributed by atoms with Gasteiger partial charge in [-0.25, -0.2) is 0 Å². The maximum atomic E-state index is 12.4. The van der Waals surface area contributed by atoms with Gasteiger partial charge in [0.05, 0.1) is 11.8 Å². The molecule has 1 amide bonds. The lowest BCUT2D eigenvalue weighted by Crippen LogP contribution is -2.40. The van der Waals surface area contributed by atoms with Gasteiger partial charge in [-0.1, -0.05) is 37.1 Å². The Hall–Kier alpha value is -2.82. The number of carbonyl (C=O) groups excluding carboxylic acids is 1. The molecule has 2 unspecified atom stereocenters. The second-order valence-corrected chi connectivity index (χ2v) is 7.89. The maximum absolute atomic E-state index is 12.4. The predicted molar refractivity (Wildman–Crippen MR) is 112 cm³/mol. The summed E-state index contributed by atoms with van der Waals surface area (Å²) in [5.41, 5.74) is 3.34. The zero-order valence-electron chi connectivity index (χ0n) is 17.1. The molecule has 3 rings (SSSR count). The fraction of sp³-hybridized carbons (Fsp3) is 0.417. The minimum atomic E-state index is -0.857. The largest absolute Gasteiger partial charge is 0.481 e. The molecule has 29 heavy (non-hydrogen) atoms. The van der Waals surface area contributed by atoms with E-state index < -0.39 is 17.8 Å². The maximum Gasteiger partial charge on any atom is 0.307 e. The fourth-order valence-corrected chi connectivity index (χ4v) is 3.87. The summed E-state index contributed by atoms with van der Waals surface area (Å²) >= 11 is 0. The number of carboxylic acids is 1. The second-order valence-electron chi connectivity index (χ2n) is 7.89. The van der Waals surface area contributed by atoms with Crippen LogP contribution in [0.4, 0.5) is 0 Å². The third-order valence-corrected chi connectivity index (χ3v) is 5.63. The Kier molecular flexibility index (Phi) is 6.91. The van der Waals surface area contributed by atoms with Crippen LogP contribution >= 0.6 is 0 Å². The molecular weight excluding hydrogens is 366 g/mol. The van der Waals surface area contributed by atoms with Gasteiger partial charge in [0.1, 0.15) is 11.5 Å². The summed E-state index contributed by atoms with van der Waals surface area (Å²) in [6.45, 7) is 4.56. The van der Waals surface area contributed by atoms with Crippen LogP contribution in [0.25, 0.3) is 0 Å². The molecule has 1 aliphatic carbocycles. The first kappa shape index (κ1) is 20.9. The molecule has 2 N–H and O–H groups in total. The first-order valence-electron chi connectivity index (χ1n) is 10.3. The number of hydrogen-bond acceptors (Lipinski definition) is 3. The number of nitrogens with one attached hydrogen (secondary N) is 1. The average molecular weight is 395 g/mol. The van der Waals surface area contributed by atoms with Gasteiger partial charge in [-0.15, -0.1) is 0 Å². The molecule has 0 bridgehead atoms. The number of carboxylic acid groups (broad SMARTS) is 1. The van der Waals surface area contributed by atoms with Crippen LogP contribution in [0.5, 0.6) is 11.5 Å². The van der Waals surface area contributed by atoms with E-state index in [1.54, 1.807) is 0 Å². The first-order chi connectivity index (χ1) is 13.9. The summed E-state index contributed by atoms with van der Waals surface area (Å²) in [4.78, 5) is 23.8. The van der Waals surface area contributed by atoms with E-state index in [1.807, 2.05) is 50.2 Å². The molecule has 1 saturated carbocycles. The van der Waals surface area contributed by atoms with Gasteiger partial charge in [-0.2, -0.15) is 0 Å². The Morgan fingerprint density at radius 2 is 1.72 bits per heavy atom. The zero-order valence-corrected chi connectivity index (χ0v) is 17.1. The van der Waals surface area contributed by atoms with Crippen molar-refractivity contribution >= 4 is 11.9 Å². The molecular formula is C24H29NO4. The Morgan fingerprint density at radius 3 is 2.41 bits per heavy atom. The Bertz CT molecular complexity index is 860. The van der Waals surface area contributed by atoms with Crippen molar-refractivity contribution < 1.29 is 19.4 Å². The molecule has 5 nitrogen and oxygen atoms in total. The van der Waals surface area contributed by atoms with Crippen molar-refractivity contribution in [2.24, 2.45) is 11.8 Å². The molecule has 0 saturated heterocycles. The Morgan fingerprint density at radius 1 is 1.03 bits per heavy atom. The van der Waals surface area contributed by atoms with E-state index in [-0.39, 0.29) is 5.91 Å². The highest BCUT2D eigenvalue weighted by atomic mass is 16.5. The zero-order chi connectivity index (χ0) is 20.8. The molecule has 0 aliphatic heterocycles. The predicted octanol–water partition coefficient (Wildman–Crippen LogP) is 4.65. The van der Waals surface area contributed by atoms with Crippen LogP contribution in [-0.4, -0.2) is 23.5 Å². The smallest absolute Gasteiger partial charge is 0.307 e. The van der Waals surface area contributed by atoms with E-state index in [2.05, 4.69) is 11.4 Å². The number of rotatable bonds is 7. The lowest BCUT2D eigenvalue weighted by atomic mass is 9.78. The molecule has 154 valence electrons. The van der Waals surface area contributed by atoms with Gasteiger partial charge in [0, 0.05) is 6.54 Å². The molecule has 0 aromatic heterocycles. The molecule has 0 radical (unpaired) electrons. The standard InChI is InChI=1S/C24H29NO4/c1-16-7-8-17(2)22(15-16)29-19-11-9-18(10-12-19)13-14-25-23(26)20-5-3-4-6-21(20)24(27)28/h7-12,15,20-21H,3-6,13-14H2,1-2H3,(H,25,26)(H,27,28). The van der Waals surface area contributed by atoms with E-state index in [0.29, 0.717) is 25.8 Å². The van der Waals surface area contributed by atoms with Crippen LogP contribution in [0.15, 0.2) is 42.5 Å². The van der Waals surface area contributed by atoms with Crippen molar-refractivity contribution in [3.8, 4) is 11.5 Å². The van der Waals surface area contributed by atoms with Crippen LogP contribution in [0, 0.1) is 25.7 Å². The van der Waals surface area contributed by atoms with Gasteiger partial charge in [-0.05, 0) is 68.0 Å². The summed E-state index contributed by atoms with van der Waals surface area (Å²) in [5, 5.41) is 12.3. The normalized spacial score (nSPS) is 18.8. The summed E-state index contributed by atoms with van der Waals surface area (Å²) in [7, 11) is 0. The van der Waals surface area contributed by atoms with E-state index in [0.717, 1.165) is 41.0 Å². The van der Waals surface area contributed by atoms with Crippen LogP contribution in [0.2, 0.25) is 0 Å². The number of aliphatic carboxylic acids is 1. The highest BCUT2D eigenvalue weighted by Crippen LogP contribution is 2.30. The number of carbonyl (C=O) groups is 2. The van der Waals surface area contributed by atoms with Gasteiger partial charge in [0.2, 0.25) is 5.91 Å². The summed E-state index contributed by atoms with van der Waals surface area (Å²) in [6.07, 6.45) is 3.75. The minimum Gasteiger partial charge on any atom is -0.481 e. The molecule has 0 spiro atoms. The molecule has 1 fully saturated rings. The van der Waals surface area contributed by atoms with E-state index in [4.69, 9.17) is 4.74 Å². The second kappa shape index (κ2) is 9.59. The van der Waals surface area contributed by atoms with Crippen molar-refractivity contribution in [1.29, 1.82) is 0 Å². The quantitative estimate of drug-likeness (QED) is 0.716. The summed E-state index contributed by atoms with van der Waals surface area (Å²) in [6, 6.07) is 14.0. The van der Waals surface area contributed by atoms with Gasteiger partial charge in [-0.3, -0.25) is 9.59 Å². The number of hydrogen-bond donors (Lipinski definition) is 2. The monoisotopic (exact) mass is 395 g/mol. The Labute approximate surface area is 172 Å². The molecule has 1 aliphatic rings. The fourth-order valence-electron chi connectivity index (χ4n) is 3.87. The third-order valence-electron chi connectivity index (χ3n) is 5.63. The highest BCUT2D eigenvalue weighted by Gasteiger charge is 2.35. The van der Waals surface area contributed by atoms with Gasteiger partial charge in [0.25, 0.3) is 0 Å². The van der Waals surface area contributed by atoms with Gasteiger partial charge >= 0.3 is 5.97 Å². The van der Waals surface area contributed by atoms with Gasteiger partial charge < -0.3 is 15.2 Å². The summed E-state index contributed by atoms with van der Waals surface area (Å²) < 4.78 is 5.98. The van der Waals surface area contributed by atoms with Crippen molar-refractivity contribution in [2.75, 3.05) is 6.54 Å². The molecule has 2 atom stereocenters. The van der Waals surface area contributed by atoms with Crippen molar-refractivity contribution in [1.82, 2.24) is 5.32 Å². The first-order valence-corrected chi connectivity index (χ1v) is 10.3. The van der Waals surface area contributed by atoms with Crippen molar-refractivity contribution in [2.45, 2.75) is 46.0 Å². The van der Waals surface area contributed by atoms with Crippen LogP contribution in [0.1, 0.15) is 42.4 Å². The number of benzene rings is 2. The van der Waals surface area contributed by atoms with E-state index in [9.17, 15) is 14.7 Å².